The number of nitrogens with one attached hydrogen (secondary N) is 1. The van der Waals surface area contributed by atoms with Crippen LogP contribution in [0.2, 0.25) is 0 Å². The van der Waals surface area contributed by atoms with E-state index in [0.29, 0.717) is 23.8 Å². The molecule has 7 atom stereocenters. The van der Waals surface area contributed by atoms with Gasteiger partial charge in [-0.05, 0) is 55.3 Å². The van der Waals surface area contributed by atoms with Crippen LogP contribution in [0.25, 0.3) is 0 Å². The lowest BCUT2D eigenvalue weighted by molar-refractivity contribution is -0.384. The first-order valence-corrected chi connectivity index (χ1v) is 17.0. The van der Waals surface area contributed by atoms with E-state index in [-0.39, 0.29) is 46.6 Å². The molecule has 18 heteroatoms. The molecular formula is C31H37N9O8S. The first-order chi connectivity index (χ1) is 23.3. The van der Waals surface area contributed by atoms with E-state index in [2.05, 4.69) is 27.8 Å². The van der Waals surface area contributed by atoms with Crippen LogP contribution in [0.5, 0.6) is 0 Å². The van der Waals surface area contributed by atoms with Gasteiger partial charge in [-0.2, -0.15) is 0 Å². The van der Waals surface area contributed by atoms with Crippen LogP contribution in [-0.2, 0) is 30.5 Å². The number of likely N-dealkylation sites (N-methyl/N-ethyl adjacent to an activating group) is 1. The van der Waals surface area contributed by atoms with Crippen molar-refractivity contribution in [2.24, 2.45) is 17.8 Å². The Labute approximate surface area is 285 Å². The molecule has 3 fully saturated rings. The number of aromatic nitrogens is 4. The minimum absolute atomic E-state index is 0.0444. The van der Waals surface area contributed by atoms with E-state index in [0.717, 1.165) is 31.6 Å². The Balaban J connectivity index is 1.22. The molecule has 17 nitrogen and oxygen atoms in total. The smallest absolute Gasteiger partial charge is 0.363 e. The van der Waals surface area contributed by atoms with Crippen molar-refractivity contribution >= 4 is 47.1 Å². The number of β-lactam (4-membered cyclic amide) rings is 1. The molecule has 1 N–H and O–H groups in total. The van der Waals surface area contributed by atoms with Crippen LogP contribution in [0, 0.1) is 27.9 Å². The molecule has 0 bridgehead atoms. The van der Waals surface area contributed by atoms with Crippen molar-refractivity contribution in [1.82, 2.24) is 40.2 Å². The van der Waals surface area contributed by atoms with Gasteiger partial charge in [-0.1, -0.05) is 13.8 Å². The van der Waals surface area contributed by atoms with Crippen LogP contribution >= 0.6 is 11.8 Å². The van der Waals surface area contributed by atoms with Crippen LogP contribution in [0.15, 0.2) is 41.2 Å². The number of esters is 2. The number of hydrogen-bond donors (Lipinski definition) is 1. The summed E-state index contributed by atoms with van der Waals surface area (Å²) in [6.07, 6.45) is 2.81. The normalized spacial score (nSPS) is 27.1. The van der Waals surface area contributed by atoms with Gasteiger partial charge in [-0.25, -0.2) is 14.3 Å². The number of hydrogen-bond acceptors (Lipinski definition) is 13. The molecule has 0 radical (unpaired) electrons. The minimum atomic E-state index is -1.02. The van der Waals surface area contributed by atoms with E-state index in [1.54, 1.807) is 6.92 Å². The summed E-state index contributed by atoms with van der Waals surface area (Å²) in [4.78, 5) is 82.9. The number of ether oxygens (including phenoxy) is 1. The quantitative estimate of drug-likeness (QED) is 0.121. The lowest BCUT2D eigenvalue weighted by Crippen LogP contribution is -2.66. The maximum Gasteiger partial charge on any atom is 0.363 e. The molecule has 1 aromatic heterocycles. The van der Waals surface area contributed by atoms with E-state index in [9.17, 15) is 34.1 Å². The van der Waals surface area contributed by atoms with Crippen LogP contribution in [0.4, 0.5) is 5.69 Å². The molecule has 3 amide bonds. The molecule has 4 aliphatic heterocycles. The fraction of sp³-hybridized carbons (Fsp3) is 0.548. The van der Waals surface area contributed by atoms with Gasteiger partial charge in [0, 0.05) is 53.9 Å². The Kier molecular flexibility index (Phi) is 9.52. The van der Waals surface area contributed by atoms with Crippen molar-refractivity contribution in [3.63, 3.8) is 0 Å². The third-order valence-corrected chi connectivity index (χ3v) is 11.2. The van der Waals surface area contributed by atoms with Crippen LogP contribution in [0.3, 0.4) is 0 Å². The summed E-state index contributed by atoms with van der Waals surface area (Å²) in [5, 5.41) is 24.5. The van der Waals surface area contributed by atoms with Crippen LogP contribution in [-0.4, -0.2) is 120 Å². The van der Waals surface area contributed by atoms with Gasteiger partial charge >= 0.3 is 11.9 Å². The van der Waals surface area contributed by atoms with Crippen molar-refractivity contribution in [1.29, 1.82) is 0 Å². The molecule has 5 heterocycles. The summed E-state index contributed by atoms with van der Waals surface area (Å²) < 4.78 is 6.52. The highest BCUT2D eigenvalue weighted by Crippen LogP contribution is 2.52. The average molecular weight is 696 g/mol. The monoisotopic (exact) mass is 695 g/mol. The van der Waals surface area contributed by atoms with E-state index < -0.39 is 46.7 Å². The SMILES string of the molecule is C[C@@H]1CCN(C(=O)[C@@H]2C[C@H](SC3=C(C(=O)OC(=O)c4ccc([N+](=O)[O-])cc4)N4C(=O)C([C@@H](C)NC(=O)Cn5cnnn5)C4[C@H]3C)CN2C)C1. The Hall–Kier alpha value is -4.71. The van der Waals surface area contributed by atoms with E-state index >= 15 is 0 Å². The van der Waals surface area contributed by atoms with Crippen molar-refractivity contribution in [3.05, 3.63) is 56.9 Å². The third kappa shape index (κ3) is 6.66. The Morgan fingerprint density at radius 2 is 1.88 bits per heavy atom. The number of rotatable bonds is 10. The number of likely N-dealkylation sites (tertiary alicyclic amines) is 2. The molecule has 0 saturated carbocycles. The lowest BCUT2D eigenvalue weighted by Gasteiger charge is -2.47. The van der Waals surface area contributed by atoms with Gasteiger partial charge in [0.25, 0.3) is 5.69 Å². The Morgan fingerprint density at radius 1 is 1.14 bits per heavy atom. The fourth-order valence-electron chi connectivity index (χ4n) is 7.24. The summed E-state index contributed by atoms with van der Waals surface area (Å²) in [6, 6.07) is 3.21. The number of nitrogens with zero attached hydrogens (tertiary/aromatic N) is 8. The van der Waals surface area contributed by atoms with Crippen LogP contribution < -0.4 is 5.32 Å². The molecule has 260 valence electrons. The van der Waals surface area contributed by atoms with Gasteiger partial charge in [0.05, 0.1) is 28.5 Å². The Morgan fingerprint density at radius 3 is 2.51 bits per heavy atom. The second kappa shape index (κ2) is 13.7. The van der Waals surface area contributed by atoms with Gasteiger partial charge in [-0.15, -0.1) is 16.9 Å². The predicted octanol–water partition coefficient (Wildman–Crippen LogP) is 0.832. The van der Waals surface area contributed by atoms with Crippen LogP contribution in [0.1, 0.15) is 44.0 Å². The minimum Gasteiger partial charge on any atom is -0.385 e. The molecule has 2 aromatic rings. The van der Waals surface area contributed by atoms with Gasteiger partial charge < -0.3 is 19.9 Å². The van der Waals surface area contributed by atoms with E-state index in [4.69, 9.17) is 4.74 Å². The zero-order chi connectivity index (χ0) is 35.1. The molecule has 6 rings (SSSR count). The number of amides is 3. The number of fused-ring (bicyclic) bond motifs is 1. The molecule has 0 spiro atoms. The number of benzene rings is 1. The number of carbonyl (C=O) groups is 5. The van der Waals surface area contributed by atoms with Crippen molar-refractivity contribution < 1.29 is 33.6 Å². The van der Waals surface area contributed by atoms with Crippen molar-refractivity contribution in [2.75, 3.05) is 26.7 Å². The molecule has 0 aliphatic carbocycles. The number of tetrazole rings is 1. The fourth-order valence-corrected chi connectivity index (χ4v) is 8.83. The highest BCUT2D eigenvalue weighted by atomic mass is 32.2. The second-order valence-corrected chi connectivity index (χ2v) is 14.5. The maximum atomic E-state index is 13.8. The molecule has 49 heavy (non-hydrogen) atoms. The topological polar surface area (TPSA) is 203 Å². The summed E-state index contributed by atoms with van der Waals surface area (Å²) in [6.45, 7) is 7.61. The van der Waals surface area contributed by atoms with Crippen molar-refractivity contribution in [3.8, 4) is 0 Å². The molecular weight excluding hydrogens is 658 g/mol. The number of non-ortho nitro benzene ring substituents is 1. The lowest BCUT2D eigenvalue weighted by atomic mass is 9.78. The molecule has 4 aliphatic rings. The largest absolute Gasteiger partial charge is 0.385 e. The molecule has 2 unspecified atom stereocenters. The first-order valence-electron chi connectivity index (χ1n) is 16.1. The van der Waals surface area contributed by atoms with Gasteiger partial charge in [0.15, 0.2) is 0 Å². The predicted molar refractivity (Wildman–Crippen MR) is 172 cm³/mol. The standard InChI is InChI=1S/C31H37N9O8S/c1-16-9-10-37(12-16)28(42)22-11-21(13-36(22)4)49-27-17(2)25-24(18(3)33-23(41)14-38-15-32-34-35-38)29(43)39(25)26(27)31(45)48-30(44)19-5-7-20(8-6-19)40(46)47/h5-8,15-18,21-22,24-25H,9-14H2,1-4H3,(H,33,41)/t16-,17-,18-,21+,22+,24?,25?/m1/s1. The summed E-state index contributed by atoms with van der Waals surface area (Å²) in [7, 11) is 1.90. The average Bonchev–Trinajstić information content (AvgIpc) is 3.85. The zero-order valence-electron chi connectivity index (χ0n) is 27.4. The number of thioether (sulfide) groups is 1. The summed E-state index contributed by atoms with van der Waals surface area (Å²) in [5.74, 6) is -3.34. The number of carbonyl (C=O) groups excluding carboxylic acids is 5. The Bertz CT molecular complexity index is 1700. The molecule has 3 saturated heterocycles. The second-order valence-electron chi connectivity index (χ2n) is 13.2. The summed E-state index contributed by atoms with van der Waals surface area (Å²) in [5.41, 5.74) is -0.346. The van der Waals surface area contributed by atoms with Gasteiger partial charge in [0.1, 0.15) is 18.6 Å². The highest BCUT2D eigenvalue weighted by Gasteiger charge is 2.61. The van der Waals surface area contributed by atoms with Gasteiger partial charge in [0.2, 0.25) is 17.7 Å². The van der Waals surface area contributed by atoms with Crippen molar-refractivity contribution in [2.45, 2.75) is 63.5 Å². The summed E-state index contributed by atoms with van der Waals surface area (Å²) >= 11 is 1.41. The van der Waals surface area contributed by atoms with E-state index in [1.165, 1.54) is 39.8 Å². The zero-order valence-corrected chi connectivity index (χ0v) is 28.2. The third-order valence-electron chi connectivity index (χ3n) is 9.73. The van der Waals surface area contributed by atoms with Gasteiger partial charge in [-0.3, -0.25) is 29.4 Å². The molecule has 1 aromatic carbocycles. The number of nitro benzene ring substituents is 1. The first kappa shape index (κ1) is 34.2. The maximum absolute atomic E-state index is 13.8. The highest BCUT2D eigenvalue weighted by molar-refractivity contribution is 8.03. The van der Waals surface area contributed by atoms with E-state index in [1.807, 2.05) is 23.8 Å². The number of nitro groups is 1.